The molecule has 3 aromatic rings. The number of hydrogen-bond donors (Lipinski definition) is 0. The molecule has 0 aliphatic carbocycles. The lowest BCUT2D eigenvalue weighted by atomic mass is 10.2. The minimum Gasteiger partial charge on any atom is -0.493 e. The number of hydrogen-bond acceptors (Lipinski definition) is 4. The minimum absolute atomic E-state index is 0.0498. The summed E-state index contributed by atoms with van der Waals surface area (Å²) in [7, 11) is -1.73. The lowest BCUT2D eigenvalue weighted by Gasteiger charge is -2.22. The van der Waals surface area contributed by atoms with Crippen molar-refractivity contribution in [3.8, 4) is 17.2 Å². The largest absolute Gasteiger partial charge is 0.493 e. The Labute approximate surface area is 169 Å². The molecule has 0 fully saturated rings. The van der Waals surface area contributed by atoms with Crippen molar-refractivity contribution in [3.63, 3.8) is 0 Å². The second-order valence-corrected chi connectivity index (χ2v) is 9.87. The summed E-state index contributed by atoms with van der Waals surface area (Å²) in [5.74, 6) is 1.26. The van der Waals surface area contributed by atoms with Crippen molar-refractivity contribution in [3.05, 3.63) is 70.7 Å². The minimum atomic E-state index is -3.27. The van der Waals surface area contributed by atoms with E-state index < -0.39 is 7.14 Å². The number of benzene rings is 3. The van der Waals surface area contributed by atoms with Gasteiger partial charge in [-0.15, -0.1) is 0 Å². The summed E-state index contributed by atoms with van der Waals surface area (Å²) in [6.45, 7) is 4.04. The van der Waals surface area contributed by atoms with E-state index >= 15 is 0 Å². The van der Waals surface area contributed by atoms with Gasteiger partial charge in [0.2, 0.25) is 12.5 Å². The maximum absolute atomic E-state index is 14.7. The molecule has 4 rings (SSSR count). The van der Waals surface area contributed by atoms with Gasteiger partial charge in [0.25, 0.3) is 0 Å². The van der Waals surface area contributed by atoms with E-state index in [0.29, 0.717) is 33.2 Å². The summed E-state index contributed by atoms with van der Waals surface area (Å²) in [5, 5.41) is 2.16. The molecule has 1 aliphatic rings. The van der Waals surface area contributed by atoms with Crippen LogP contribution >= 0.6 is 18.7 Å². The molecular formula is C22H20ClO4P. The SMILES string of the molecule is COc1cc(P(=O)(c2ccc(C)cc2)c2ccc(C)cc2)c(Cl)c2c1OCO2. The van der Waals surface area contributed by atoms with Gasteiger partial charge in [0.1, 0.15) is 0 Å². The van der Waals surface area contributed by atoms with Crippen LogP contribution in [0.15, 0.2) is 54.6 Å². The zero-order valence-electron chi connectivity index (χ0n) is 15.9. The van der Waals surface area contributed by atoms with Crippen LogP contribution in [0.1, 0.15) is 11.1 Å². The van der Waals surface area contributed by atoms with Crippen LogP contribution in [-0.2, 0) is 4.57 Å². The first-order valence-corrected chi connectivity index (χ1v) is 10.9. The average molecular weight is 415 g/mol. The monoisotopic (exact) mass is 414 g/mol. The topological polar surface area (TPSA) is 44.8 Å². The number of rotatable bonds is 4. The quantitative estimate of drug-likeness (QED) is 0.596. The molecule has 6 heteroatoms. The van der Waals surface area contributed by atoms with Gasteiger partial charge in [-0.05, 0) is 19.9 Å². The average Bonchev–Trinajstić information content (AvgIpc) is 3.19. The predicted molar refractivity (Wildman–Crippen MR) is 113 cm³/mol. The van der Waals surface area contributed by atoms with E-state index in [1.807, 2.05) is 62.4 Å². The van der Waals surface area contributed by atoms with E-state index in [1.165, 1.54) is 7.11 Å². The zero-order valence-corrected chi connectivity index (χ0v) is 17.5. The Hall–Kier alpha value is -2.42. The van der Waals surface area contributed by atoms with Crippen molar-refractivity contribution in [1.29, 1.82) is 0 Å². The van der Waals surface area contributed by atoms with Gasteiger partial charge in [-0.3, -0.25) is 0 Å². The number of methoxy groups -OCH3 is 1. The smallest absolute Gasteiger partial charge is 0.231 e. The Morgan fingerprint density at radius 1 is 0.893 bits per heavy atom. The van der Waals surface area contributed by atoms with Crippen molar-refractivity contribution in [2.45, 2.75) is 13.8 Å². The molecule has 1 aliphatic heterocycles. The predicted octanol–water partition coefficient (Wildman–Crippen LogP) is 4.33. The van der Waals surface area contributed by atoms with Gasteiger partial charge in [-0.1, -0.05) is 71.3 Å². The lowest BCUT2D eigenvalue weighted by Crippen LogP contribution is -2.26. The standard InChI is InChI=1S/C22H20ClO4P/c1-14-4-8-16(9-5-14)28(24,17-10-6-15(2)7-11-17)19-12-18(25-3)21-22(20(19)23)27-13-26-21/h4-12H,13H2,1-3H3. The van der Waals surface area contributed by atoms with Crippen LogP contribution < -0.4 is 30.1 Å². The van der Waals surface area contributed by atoms with Crippen molar-refractivity contribution in [2.75, 3.05) is 13.9 Å². The summed E-state index contributed by atoms with van der Waals surface area (Å²) in [5.41, 5.74) is 2.18. The molecule has 1 heterocycles. The molecule has 0 bridgehead atoms. The Balaban J connectivity index is 2.03. The number of fused-ring (bicyclic) bond motifs is 1. The molecule has 0 aromatic heterocycles. The maximum atomic E-state index is 14.7. The molecule has 0 unspecified atom stereocenters. The Morgan fingerprint density at radius 2 is 1.39 bits per heavy atom. The fourth-order valence-electron chi connectivity index (χ4n) is 3.31. The summed E-state index contributed by atoms with van der Waals surface area (Å²) < 4.78 is 31.2. The van der Waals surface area contributed by atoms with Gasteiger partial charge in [0, 0.05) is 15.9 Å². The van der Waals surface area contributed by atoms with Crippen molar-refractivity contribution in [2.24, 2.45) is 0 Å². The molecule has 3 aromatic carbocycles. The Morgan fingerprint density at radius 3 is 1.89 bits per heavy atom. The second-order valence-electron chi connectivity index (χ2n) is 6.76. The zero-order chi connectivity index (χ0) is 19.9. The number of aryl methyl sites for hydroxylation is 2. The highest BCUT2D eigenvalue weighted by atomic mass is 35.5. The molecule has 0 atom stereocenters. The molecule has 0 saturated carbocycles. The van der Waals surface area contributed by atoms with Gasteiger partial charge < -0.3 is 18.8 Å². The van der Waals surface area contributed by atoms with Gasteiger partial charge >= 0.3 is 0 Å². The van der Waals surface area contributed by atoms with Gasteiger partial charge in [-0.25, -0.2) is 0 Å². The van der Waals surface area contributed by atoms with Gasteiger partial charge in [-0.2, -0.15) is 0 Å². The molecule has 144 valence electrons. The van der Waals surface area contributed by atoms with Crippen LogP contribution in [-0.4, -0.2) is 13.9 Å². The first kappa shape index (κ1) is 18.9. The number of ether oxygens (including phenoxy) is 3. The molecule has 28 heavy (non-hydrogen) atoms. The van der Waals surface area contributed by atoms with E-state index in [4.69, 9.17) is 25.8 Å². The fraction of sp³-hybridized carbons (Fsp3) is 0.182. The van der Waals surface area contributed by atoms with Crippen LogP contribution in [0.2, 0.25) is 5.02 Å². The third-order valence-corrected chi connectivity index (χ3v) is 8.47. The highest BCUT2D eigenvalue weighted by Gasteiger charge is 2.37. The third-order valence-electron chi connectivity index (χ3n) is 4.88. The van der Waals surface area contributed by atoms with Crippen molar-refractivity contribution in [1.82, 2.24) is 0 Å². The van der Waals surface area contributed by atoms with Gasteiger partial charge in [0.05, 0.1) is 12.1 Å². The lowest BCUT2D eigenvalue weighted by molar-refractivity contribution is 0.171. The highest BCUT2D eigenvalue weighted by Crippen LogP contribution is 2.52. The molecule has 0 amide bonds. The first-order chi connectivity index (χ1) is 13.4. The Bertz CT molecular complexity index is 1030. The first-order valence-electron chi connectivity index (χ1n) is 8.86. The summed E-state index contributed by atoms with van der Waals surface area (Å²) in [4.78, 5) is 0. The molecule has 0 saturated heterocycles. The maximum Gasteiger partial charge on any atom is 0.231 e. The van der Waals surface area contributed by atoms with Crippen molar-refractivity contribution >= 4 is 34.7 Å². The van der Waals surface area contributed by atoms with Crippen molar-refractivity contribution < 1.29 is 18.8 Å². The summed E-state index contributed by atoms with van der Waals surface area (Å²) >= 11 is 6.70. The van der Waals surface area contributed by atoms with Gasteiger partial charge in [0.15, 0.2) is 18.6 Å². The third kappa shape index (κ3) is 2.97. The van der Waals surface area contributed by atoms with Crippen LogP contribution in [0.5, 0.6) is 17.2 Å². The molecule has 0 spiro atoms. The fourth-order valence-corrected chi connectivity index (χ4v) is 6.53. The van der Waals surface area contributed by atoms with E-state index in [-0.39, 0.29) is 11.8 Å². The highest BCUT2D eigenvalue weighted by molar-refractivity contribution is 7.85. The molecule has 4 nitrogen and oxygen atoms in total. The molecule has 0 N–H and O–H groups in total. The normalized spacial score (nSPS) is 12.9. The summed E-state index contributed by atoms with van der Waals surface area (Å²) in [6, 6.07) is 17.1. The van der Waals surface area contributed by atoms with Crippen LogP contribution in [0.4, 0.5) is 0 Å². The van der Waals surface area contributed by atoms with E-state index in [2.05, 4.69) is 0 Å². The second kappa shape index (κ2) is 7.20. The van der Waals surface area contributed by atoms with E-state index in [1.54, 1.807) is 6.07 Å². The molecule has 0 radical (unpaired) electrons. The summed E-state index contributed by atoms with van der Waals surface area (Å²) in [6.07, 6.45) is 0. The molecular weight excluding hydrogens is 395 g/mol. The van der Waals surface area contributed by atoms with Crippen LogP contribution in [0.3, 0.4) is 0 Å². The number of halogens is 1. The van der Waals surface area contributed by atoms with Crippen LogP contribution in [0, 0.1) is 13.8 Å². The van der Waals surface area contributed by atoms with E-state index in [9.17, 15) is 4.57 Å². The van der Waals surface area contributed by atoms with E-state index in [0.717, 1.165) is 11.1 Å². The Kier molecular flexibility index (Phi) is 4.86. The van der Waals surface area contributed by atoms with Crippen LogP contribution in [0.25, 0.3) is 0 Å².